The number of halogens is 3. The molecule has 2 rings (SSSR count). The Balaban J connectivity index is 2.06. The molecule has 1 aromatic heterocycles. The lowest BCUT2D eigenvalue weighted by Crippen LogP contribution is -2.26. The third-order valence-electron chi connectivity index (χ3n) is 3.43. The van der Waals surface area contributed by atoms with Crippen molar-refractivity contribution in [2.24, 2.45) is 5.92 Å². The summed E-state index contributed by atoms with van der Waals surface area (Å²) < 4.78 is 27.1. The first-order valence-electron chi connectivity index (χ1n) is 8.33. The lowest BCUT2D eigenvalue weighted by Gasteiger charge is -2.12. The van der Waals surface area contributed by atoms with Crippen molar-refractivity contribution >= 4 is 40.4 Å². The summed E-state index contributed by atoms with van der Waals surface area (Å²) in [4.78, 5) is 32.3. The monoisotopic (exact) mass is 504 g/mol. The van der Waals surface area contributed by atoms with Crippen molar-refractivity contribution in [1.82, 2.24) is 15.3 Å². The van der Waals surface area contributed by atoms with Gasteiger partial charge < -0.3 is 10.1 Å². The maximum Gasteiger partial charge on any atom is 0.451 e. The molecule has 0 aliphatic carbocycles. The summed E-state index contributed by atoms with van der Waals surface area (Å²) in [6, 6.07) is 7.50. The molecule has 1 aromatic carbocycles. The third kappa shape index (κ3) is 6.98. The van der Waals surface area contributed by atoms with Crippen molar-refractivity contribution in [1.29, 1.82) is 0 Å². The van der Waals surface area contributed by atoms with Crippen LogP contribution in [0.4, 0.5) is 14.7 Å². The number of alkyl halides is 3. The van der Waals surface area contributed by atoms with Gasteiger partial charge in [-0.05, 0) is 30.7 Å². The zero-order valence-corrected chi connectivity index (χ0v) is 17.6. The number of anilines is 1. The molecule has 0 aliphatic heterocycles. The third-order valence-corrected chi connectivity index (χ3v) is 3.65. The Morgan fingerprint density at radius 1 is 1.25 bits per heavy atom. The molecule has 0 saturated carbocycles. The number of rotatable bonds is 7. The number of nitrogens with zero attached hydrogens (tertiary/aromatic N) is 2. The summed E-state index contributed by atoms with van der Waals surface area (Å²) in [7, 11) is 0. The second kappa shape index (κ2) is 9.22. The van der Waals surface area contributed by atoms with Crippen LogP contribution in [-0.2, 0) is 11.3 Å². The molecule has 0 saturated heterocycles. The van der Waals surface area contributed by atoms with Crippen LogP contribution in [0.2, 0.25) is 0 Å². The first-order valence-corrected chi connectivity index (χ1v) is 9.41. The number of aryl methyl sites for hydroxylation is 1. The largest absolute Gasteiger partial charge is 0.451 e. The van der Waals surface area contributed by atoms with Gasteiger partial charge >= 0.3 is 4.12 Å². The minimum Gasteiger partial charge on any atom is -0.425 e. The van der Waals surface area contributed by atoms with Crippen molar-refractivity contribution in [3.05, 3.63) is 47.3 Å². The van der Waals surface area contributed by atoms with Crippen LogP contribution in [-0.4, -0.2) is 25.9 Å². The van der Waals surface area contributed by atoms with E-state index in [2.05, 4.69) is 25.3 Å². The molecule has 0 aliphatic rings. The highest BCUT2D eigenvalue weighted by Gasteiger charge is 2.26. The molecule has 150 valence electrons. The molecule has 7 nitrogen and oxygen atoms in total. The smallest absolute Gasteiger partial charge is 0.425 e. The zero-order chi connectivity index (χ0) is 20.9. The summed E-state index contributed by atoms with van der Waals surface area (Å²) in [6.07, 6.45) is 0. The summed E-state index contributed by atoms with van der Waals surface area (Å²) in [5.74, 6) is -0.978. The Labute approximate surface area is 174 Å². The van der Waals surface area contributed by atoms with Crippen molar-refractivity contribution in [2.75, 3.05) is 5.32 Å². The number of hydrogen-bond donors (Lipinski definition) is 2. The molecule has 2 amide bonds. The van der Waals surface area contributed by atoms with Gasteiger partial charge in [0.2, 0.25) is 11.9 Å². The molecule has 0 spiro atoms. The van der Waals surface area contributed by atoms with E-state index in [1.165, 1.54) is 18.2 Å². The highest BCUT2D eigenvalue weighted by molar-refractivity contribution is 14.1. The molecule has 0 atom stereocenters. The van der Waals surface area contributed by atoms with E-state index in [9.17, 15) is 18.4 Å². The fourth-order valence-corrected chi connectivity index (χ4v) is 2.38. The Hall–Kier alpha value is -2.37. The number of ether oxygens (including phenoxy) is 1. The van der Waals surface area contributed by atoms with Crippen molar-refractivity contribution in [2.45, 2.75) is 31.4 Å². The van der Waals surface area contributed by atoms with Gasteiger partial charge in [0.15, 0.2) is 0 Å². The van der Waals surface area contributed by atoms with E-state index >= 15 is 0 Å². The molecule has 2 N–H and O–H groups in total. The van der Waals surface area contributed by atoms with Gasteiger partial charge in [-0.3, -0.25) is 14.9 Å². The molecule has 0 bridgehead atoms. The molecule has 2 aromatic rings. The first kappa shape index (κ1) is 21.9. The van der Waals surface area contributed by atoms with E-state index in [1.807, 2.05) is 0 Å². The number of carbonyl (C=O) groups is 2. The van der Waals surface area contributed by atoms with Gasteiger partial charge in [-0.2, -0.15) is 8.78 Å². The van der Waals surface area contributed by atoms with Gasteiger partial charge in [-0.15, -0.1) is 0 Å². The van der Waals surface area contributed by atoms with Crippen molar-refractivity contribution < 1.29 is 23.1 Å². The van der Waals surface area contributed by atoms with Gasteiger partial charge in [-0.1, -0.05) is 26.0 Å². The van der Waals surface area contributed by atoms with Crippen LogP contribution in [0.5, 0.6) is 5.75 Å². The number of nitrogens with one attached hydrogen (secondary N) is 2. The second-order valence-corrected chi connectivity index (χ2v) is 7.50. The lowest BCUT2D eigenvalue weighted by molar-refractivity contribution is -0.118. The molecule has 10 heteroatoms. The van der Waals surface area contributed by atoms with Gasteiger partial charge in [0.1, 0.15) is 11.4 Å². The SMILES string of the molecule is Cc1cc(C(=O)NCc2cccc(OC(F)(F)I)c2)nc(NC(=O)C(C)C)n1. The van der Waals surface area contributed by atoms with E-state index in [-0.39, 0.29) is 35.8 Å². The number of aromatic nitrogens is 2. The van der Waals surface area contributed by atoms with Crippen LogP contribution in [0.1, 0.15) is 35.6 Å². The summed E-state index contributed by atoms with van der Waals surface area (Å²) >= 11 is 0.880. The number of carbonyl (C=O) groups excluding carboxylic acids is 2. The summed E-state index contributed by atoms with van der Waals surface area (Å²) in [5.41, 5.74) is 1.17. The molecule has 0 radical (unpaired) electrons. The number of hydrogen-bond acceptors (Lipinski definition) is 5. The van der Waals surface area contributed by atoms with E-state index in [0.29, 0.717) is 11.3 Å². The van der Waals surface area contributed by atoms with Crippen LogP contribution in [0.15, 0.2) is 30.3 Å². The first-order chi connectivity index (χ1) is 13.0. The topological polar surface area (TPSA) is 93.2 Å². The highest BCUT2D eigenvalue weighted by atomic mass is 127. The van der Waals surface area contributed by atoms with Gasteiger partial charge in [0, 0.05) is 18.2 Å². The van der Waals surface area contributed by atoms with Crippen LogP contribution in [0.3, 0.4) is 0 Å². The Morgan fingerprint density at radius 3 is 2.61 bits per heavy atom. The molecule has 0 fully saturated rings. The fraction of sp³-hybridized carbons (Fsp3) is 0.333. The average Bonchev–Trinajstić information content (AvgIpc) is 2.57. The average molecular weight is 504 g/mol. The Kier molecular flexibility index (Phi) is 7.22. The summed E-state index contributed by atoms with van der Waals surface area (Å²) in [5, 5.41) is 5.20. The van der Waals surface area contributed by atoms with Gasteiger partial charge in [-0.25, -0.2) is 9.97 Å². The molecular weight excluding hydrogens is 485 g/mol. The Morgan fingerprint density at radius 2 is 1.96 bits per heavy atom. The Bertz CT molecular complexity index is 872. The minimum absolute atomic E-state index is 0.0114. The molecule has 0 unspecified atom stereocenters. The van der Waals surface area contributed by atoms with Crippen LogP contribution >= 0.6 is 22.6 Å². The molecule has 1 heterocycles. The van der Waals surface area contributed by atoms with Crippen LogP contribution < -0.4 is 15.4 Å². The fourth-order valence-electron chi connectivity index (χ4n) is 2.12. The highest BCUT2D eigenvalue weighted by Crippen LogP contribution is 2.27. The van der Waals surface area contributed by atoms with Crippen LogP contribution in [0.25, 0.3) is 0 Å². The van der Waals surface area contributed by atoms with Gasteiger partial charge in [0.25, 0.3) is 5.91 Å². The lowest BCUT2D eigenvalue weighted by atomic mass is 10.2. The normalized spacial score (nSPS) is 11.2. The molecular formula is C18H19F2IN4O3. The quantitative estimate of drug-likeness (QED) is 0.444. The maximum absolute atomic E-state index is 12.9. The van der Waals surface area contributed by atoms with Gasteiger partial charge in [0.05, 0.1) is 22.6 Å². The maximum atomic E-state index is 12.9. The van der Waals surface area contributed by atoms with Crippen LogP contribution in [0, 0.1) is 12.8 Å². The standard InChI is InChI=1S/C18H19F2IN4O3/c1-10(2)15(26)25-17-23-11(3)7-14(24-17)16(27)22-9-12-5-4-6-13(8-12)28-18(19,20)21/h4-8,10H,9H2,1-3H3,(H,22,27)(H,23,24,25,26). The van der Waals surface area contributed by atoms with Crippen molar-refractivity contribution in [3.8, 4) is 5.75 Å². The van der Waals surface area contributed by atoms with E-state index in [1.54, 1.807) is 32.9 Å². The predicted molar refractivity (Wildman–Crippen MR) is 107 cm³/mol. The van der Waals surface area contributed by atoms with E-state index in [4.69, 9.17) is 0 Å². The van der Waals surface area contributed by atoms with E-state index < -0.39 is 10.0 Å². The second-order valence-electron chi connectivity index (χ2n) is 6.24. The predicted octanol–water partition coefficient (Wildman–Crippen LogP) is 3.67. The molecule has 28 heavy (non-hydrogen) atoms. The number of amides is 2. The minimum atomic E-state index is -3.32. The van der Waals surface area contributed by atoms with Crippen molar-refractivity contribution in [3.63, 3.8) is 0 Å². The van der Waals surface area contributed by atoms with E-state index in [0.717, 1.165) is 22.6 Å². The number of benzene rings is 1. The summed E-state index contributed by atoms with van der Waals surface area (Å²) in [6.45, 7) is 5.21. The zero-order valence-electron chi connectivity index (χ0n) is 15.4.